The molecule has 118 valence electrons. The molecule has 1 N–H and O–H groups in total. The van der Waals surface area contributed by atoms with Crippen molar-refractivity contribution in [1.29, 1.82) is 0 Å². The minimum absolute atomic E-state index is 0.0549. The maximum Gasteiger partial charge on any atom is 0.432 e. The Balaban J connectivity index is 1.64. The van der Waals surface area contributed by atoms with Crippen LogP contribution in [0.1, 0.15) is 30.3 Å². The molecule has 0 bridgehead atoms. The van der Waals surface area contributed by atoms with Gasteiger partial charge in [0, 0.05) is 19.0 Å². The van der Waals surface area contributed by atoms with Gasteiger partial charge in [-0.1, -0.05) is 0 Å². The number of hydrogen-bond acceptors (Lipinski definition) is 4. The second-order valence-corrected chi connectivity index (χ2v) is 5.14. The van der Waals surface area contributed by atoms with E-state index in [1.807, 2.05) is 4.90 Å². The molecule has 1 fully saturated rings. The molecule has 2 aromatic heterocycles. The summed E-state index contributed by atoms with van der Waals surface area (Å²) in [5.74, 6) is 0.224. The number of piperidine rings is 1. The Hall–Kier alpha value is -2.19. The lowest BCUT2D eigenvalue weighted by Crippen LogP contribution is -2.33. The highest BCUT2D eigenvalue weighted by Gasteiger charge is 2.34. The molecule has 1 aliphatic rings. The number of nitrogens with one attached hydrogen (secondary N) is 1. The number of aromatic amines is 1. The summed E-state index contributed by atoms with van der Waals surface area (Å²) in [6.45, 7) is 1.21. The summed E-state index contributed by atoms with van der Waals surface area (Å²) in [7, 11) is 0. The summed E-state index contributed by atoms with van der Waals surface area (Å²) in [5, 5.41) is 0. The van der Waals surface area contributed by atoms with Crippen LogP contribution in [0.2, 0.25) is 0 Å². The molecule has 0 saturated carbocycles. The van der Waals surface area contributed by atoms with Gasteiger partial charge < -0.3 is 9.88 Å². The van der Waals surface area contributed by atoms with Gasteiger partial charge in [0.15, 0.2) is 0 Å². The molecule has 0 radical (unpaired) electrons. The Kier molecular flexibility index (Phi) is 3.71. The van der Waals surface area contributed by atoms with Crippen molar-refractivity contribution in [2.75, 3.05) is 18.0 Å². The van der Waals surface area contributed by atoms with Crippen LogP contribution in [0.3, 0.4) is 0 Å². The fourth-order valence-electron chi connectivity index (χ4n) is 2.54. The fraction of sp³-hybridized carbons (Fsp3) is 0.462. The van der Waals surface area contributed by atoms with Gasteiger partial charge in [0.2, 0.25) is 5.95 Å². The zero-order valence-corrected chi connectivity index (χ0v) is 11.4. The predicted octanol–water partition coefficient (Wildman–Crippen LogP) is 2.74. The van der Waals surface area contributed by atoms with Crippen LogP contribution in [0.5, 0.6) is 0 Å². The number of hydrogen-bond donors (Lipinski definition) is 1. The van der Waals surface area contributed by atoms with E-state index in [0.29, 0.717) is 37.6 Å². The van der Waals surface area contributed by atoms with E-state index >= 15 is 0 Å². The maximum atomic E-state index is 12.7. The molecule has 9 heteroatoms. The van der Waals surface area contributed by atoms with Crippen molar-refractivity contribution in [2.24, 2.45) is 0 Å². The van der Waals surface area contributed by atoms with Crippen LogP contribution in [0.4, 0.5) is 23.4 Å². The molecule has 0 aromatic carbocycles. The van der Waals surface area contributed by atoms with E-state index in [1.165, 1.54) is 6.20 Å². The fourth-order valence-corrected chi connectivity index (χ4v) is 2.54. The highest BCUT2D eigenvalue weighted by Crippen LogP contribution is 2.32. The molecule has 5 nitrogen and oxygen atoms in total. The molecule has 0 amide bonds. The van der Waals surface area contributed by atoms with Crippen LogP contribution in [-0.2, 0) is 6.18 Å². The molecule has 1 aliphatic heterocycles. The number of halogens is 4. The summed E-state index contributed by atoms with van der Waals surface area (Å²) < 4.78 is 50.4. The van der Waals surface area contributed by atoms with E-state index in [2.05, 4.69) is 19.9 Å². The van der Waals surface area contributed by atoms with Crippen molar-refractivity contribution < 1.29 is 17.6 Å². The largest absolute Gasteiger partial charge is 0.432 e. The number of alkyl halides is 3. The molecule has 1 saturated heterocycles. The SMILES string of the molecule is Fc1cnc(N2CCC(c3ncc(C(F)(F)F)[nH]3)CC2)cn1. The first kappa shape index (κ1) is 14.7. The lowest BCUT2D eigenvalue weighted by Gasteiger charge is -2.31. The monoisotopic (exact) mass is 315 g/mol. The summed E-state index contributed by atoms with van der Waals surface area (Å²) in [4.78, 5) is 15.6. The first-order valence-electron chi connectivity index (χ1n) is 6.78. The molecule has 0 spiro atoms. The average molecular weight is 315 g/mol. The van der Waals surface area contributed by atoms with Gasteiger partial charge in [0.25, 0.3) is 0 Å². The van der Waals surface area contributed by atoms with E-state index in [0.717, 1.165) is 12.4 Å². The third kappa shape index (κ3) is 3.02. The van der Waals surface area contributed by atoms with Crippen LogP contribution in [0.15, 0.2) is 18.6 Å². The van der Waals surface area contributed by atoms with Crippen LogP contribution in [-0.4, -0.2) is 33.0 Å². The van der Waals surface area contributed by atoms with E-state index in [9.17, 15) is 17.6 Å². The molecule has 0 aliphatic carbocycles. The molecule has 2 aromatic rings. The Labute approximate surface area is 123 Å². The van der Waals surface area contributed by atoms with Gasteiger partial charge in [-0.3, -0.25) is 0 Å². The van der Waals surface area contributed by atoms with Crippen molar-refractivity contribution in [2.45, 2.75) is 24.9 Å². The number of aromatic nitrogens is 4. The second-order valence-electron chi connectivity index (χ2n) is 5.14. The van der Waals surface area contributed by atoms with Gasteiger partial charge in [-0.2, -0.15) is 17.6 Å². The molecular weight excluding hydrogens is 302 g/mol. The lowest BCUT2D eigenvalue weighted by atomic mass is 9.96. The van der Waals surface area contributed by atoms with Gasteiger partial charge in [0.05, 0.1) is 18.6 Å². The molecule has 0 atom stereocenters. The second kappa shape index (κ2) is 5.54. The standard InChI is InChI=1S/C13H13F4N5/c14-10-6-19-11(7-18-10)22-3-1-8(2-4-22)12-20-5-9(21-12)13(15,16)17/h5-8H,1-4H2,(H,20,21). The first-order chi connectivity index (χ1) is 10.4. The minimum Gasteiger partial charge on any atom is -0.355 e. The summed E-state index contributed by atoms with van der Waals surface area (Å²) in [5.41, 5.74) is -0.825. The van der Waals surface area contributed by atoms with Crippen LogP contribution < -0.4 is 4.90 Å². The zero-order valence-electron chi connectivity index (χ0n) is 11.4. The number of anilines is 1. The van der Waals surface area contributed by atoms with Crippen LogP contribution >= 0.6 is 0 Å². The Bertz CT molecular complexity index is 629. The Morgan fingerprint density at radius 2 is 1.77 bits per heavy atom. The van der Waals surface area contributed by atoms with E-state index in [4.69, 9.17) is 0 Å². The summed E-state index contributed by atoms with van der Waals surface area (Å²) in [6.07, 6.45) is 0.102. The topological polar surface area (TPSA) is 57.7 Å². The van der Waals surface area contributed by atoms with Crippen molar-refractivity contribution in [3.05, 3.63) is 36.1 Å². The summed E-state index contributed by atoms with van der Waals surface area (Å²) in [6, 6.07) is 0. The quantitative estimate of drug-likeness (QED) is 0.866. The smallest absolute Gasteiger partial charge is 0.355 e. The maximum absolute atomic E-state index is 12.7. The van der Waals surface area contributed by atoms with Crippen LogP contribution in [0.25, 0.3) is 0 Å². The molecule has 3 rings (SSSR count). The van der Waals surface area contributed by atoms with E-state index < -0.39 is 17.8 Å². The minimum atomic E-state index is -4.41. The molecule has 0 unspecified atom stereocenters. The highest BCUT2D eigenvalue weighted by molar-refractivity contribution is 5.36. The average Bonchev–Trinajstić information content (AvgIpc) is 2.98. The number of H-pyrrole nitrogens is 1. The van der Waals surface area contributed by atoms with E-state index in [-0.39, 0.29) is 5.92 Å². The van der Waals surface area contributed by atoms with Gasteiger partial charge in [0.1, 0.15) is 17.3 Å². The third-order valence-electron chi connectivity index (χ3n) is 3.71. The predicted molar refractivity (Wildman–Crippen MR) is 69.8 cm³/mol. The molecule has 22 heavy (non-hydrogen) atoms. The summed E-state index contributed by atoms with van der Waals surface area (Å²) >= 11 is 0. The number of nitrogens with zero attached hydrogens (tertiary/aromatic N) is 4. The van der Waals surface area contributed by atoms with Crippen molar-refractivity contribution in [3.8, 4) is 0 Å². The van der Waals surface area contributed by atoms with Crippen molar-refractivity contribution in [1.82, 2.24) is 19.9 Å². The number of rotatable bonds is 2. The molecule has 3 heterocycles. The van der Waals surface area contributed by atoms with Crippen LogP contribution in [0, 0.1) is 5.95 Å². The zero-order chi connectivity index (χ0) is 15.7. The lowest BCUT2D eigenvalue weighted by molar-refractivity contribution is -0.141. The van der Waals surface area contributed by atoms with E-state index in [1.54, 1.807) is 0 Å². The highest BCUT2D eigenvalue weighted by atomic mass is 19.4. The van der Waals surface area contributed by atoms with Gasteiger partial charge in [-0.15, -0.1) is 0 Å². The first-order valence-corrected chi connectivity index (χ1v) is 6.78. The third-order valence-corrected chi connectivity index (χ3v) is 3.71. The number of imidazole rings is 1. The normalized spacial score (nSPS) is 17.0. The van der Waals surface area contributed by atoms with Crippen molar-refractivity contribution >= 4 is 5.82 Å². The van der Waals surface area contributed by atoms with Crippen molar-refractivity contribution in [3.63, 3.8) is 0 Å². The van der Waals surface area contributed by atoms with Gasteiger partial charge >= 0.3 is 6.18 Å². The molecular formula is C13H13F4N5. The van der Waals surface area contributed by atoms with Gasteiger partial charge in [-0.25, -0.2) is 15.0 Å². The Morgan fingerprint density at radius 1 is 1.05 bits per heavy atom. The Morgan fingerprint density at radius 3 is 2.32 bits per heavy atom. The van der Waals surface area contributed by atoms with Gasteiger partial charge in [-0.05, 0) is 12.8 Å².